The van der Waals surface area contributed by atoms with E-state index in [2.05, 4.69) is 34.6 Å². The van der Waals surface area contributed by atoms with E-state index in [9.17, 15) is 15.3 Å². The first kappa shape index (κ1) is 89.8. The zero-order valence-corrected chi connectivity index (χ0v) is 64.0. The molecule has 0 radical (unpaired) electrons. The summed E-state index contributed by atoms with van der Waals surface area (Å²) >= 11 is 0. The van der Waals surface area contributed by atoms with Crippen molar-refractivity contribution in [3.05, 3.63) is 0 Å². The Morgan fingerprint density at radius 1 is 0.250 bits per heavy atom. The molecule has 0 aromatic rings. The summed E-state index contributed by atoms with van der Waals surface area (Å²) in [6, 6.07) is 0. The van der Waals surface area contributed by atoms with Gasteiger partial charge in [0.1, 0.15) is 17.8 Å². The van der Waals surface area contributed by atoms with Gasteiger partial charge in [-0.25, -0.2) is 0 Å². The maximum atomic E-state index is 14.1. The van der Waals surface area contributed by atoms with Gasteiger partial charge in [0.15, 0.2) is 5.60 Å². The van der Waals surface area contributed by atoms with Gasteiger partial charge in [0.25, 0.3) is 0 Å². The molecule has 1 aliphatic heterocycles. The number of ether oxygens (including phenoxy) is 3. The van der Waals surface area contributed by atoms with Crippen molar-refractivity contribution in [2.75, 3.05) is 19.8 Å². The number of aliphatic hydroxyl groups excluding tert-OH is 2. The highest BCUT2D eigenvalue weighted by Gasteiger charge is 2.72. The van der Waals surface area contributed by atoms with E-state index >= 15 is 0 Å². The fourth-order valence-electron chi connectivity index (χ4n) is 15.8. The Bertz CT molecular complexity index is 1410. The third kappa shape index (κ3) is 47.7. The molecule has 6 heteroatoms. The molecule has 1 saturated heterocycles. The van der Waals surface area contributed by atoms with E-state index in [1.54, 1.807) is 0 Å². The molecule has 0 aromatic heterocycles. The Balaban J connectivity index is 3.47. The van der Waals surface area contributed by atoms with E-state index in [0.717, 1.165) is 70.6 Å². The molecule has 1 aliphatic rings. The molecule has 1 fully saturated rings. The van der Waals surface area contributed by atoms with Crippen molar-refractivity contribution in [1.82, 2.24) is 0 Å². The van der Waals surface area contributed by atoms with Gasteiger partial charge in [-0.1, -0.05) is 465 Å². The highest BCUT2D eigenvalue weighted by molar-refractivity contribution is 5.18. The van der Waals surface area contributed by atoms with Crippen LogP contribution in [0.25, 0.3) is 0 Å². The smallest absolute Gasteiger partial charge is 0.201 e. The standard InChI is InChI=1S/C86H172O6/c1-6-11-16-21-26-31-36-41-46-51-56-61-66-71-76-84(89)83(88)82(81-87)92-86(78-73-68-63-58-53-48-43-38-33-28-23-18-13-8-3,91-80-75-70-65-60-55-50-45-40-35-30-25-20-15-10-5)85(84,77-72-67-62-57-52-47-42-37-32-27-22-17-12-7-2)90-79-74-69-64-59-54-49-44-39-34-29-24-19-14-9-4/h82-83,87-89H,6-81H2,1-5H3/t82-,83-,84+,85-,86-/m1/s1. The second-order valence-electron chi connectivity index (χ2n) is 30.7. The van der Waals surface area contributed by atoms with Gasteiger partial charge in [0, 0.05) is 13.0 Å². The lowest BCUT2D eigenvalue weighted by Gasteiger charge is -2.63. The van der Waals surface area contributed by atoms with Crippen molar-refractivity contribution >= 4 is 0 Å². The van der Waals surface area contributed by atoms with E-state index in [-0.39, 0.29) is 6.61 Å². The van der Waals surface area contributed by atoms with Crippen molar-refractivity contribution in [3.8, 4) is 0 Å². The van der Waals surface area contributed by atoms with E-state index in [1.165, 1.54) is 379 Å². The van der Waals surface area contributed by atoms with Gasteiger partial charge in [0.2, 0.25) is 5.79 Å². The van der Waals surface area contributed by atoms with Crippen LogP contribution in [-0.2, 0) is 14.2 Å². The van der Waals surface area contributed by atoms with E-state index in [0.29, 0.717) is 32.5 Å². The third-order valence-electron chi connectivity index (χ3n) is 22.0. The topological polar surface area (TPSA) is 88.4 Å². The molecule has 6 nitrogen and oxygen atoms in total. The molecule has 0 bridgehead atoms. The van der Waals surface area contributed by atoms with Crippen LogP contribution in [0.1, 0.15) is 503 Å². The van der Waals surface area contributed by atoms with Gasteiger partial charge in [-0.05, 0) is 32.1 Å². The van der Waals surface area contributed by atoms with Crippen molar-refractivity contribution in [3.63, 3.8) is 0 Å². The molecule has 92 heavy (non-hydrogen) atoms. The van der Waals surface area contributed by atoms with Gasteiger partial charge >= 0.3 is 0 Å². The highest BCUT2D eigenvalue weighted by atomic mass is 16.7. The van der Waals surface area contributed by atoms with Crippen LogP contribution in [-0.4, -0.2) is 64.3 Å². The van der Waals surface area contributed by atoms with Crippen LogP contribution in [0, 0.1) is 0 Å². The summed E-state index contributed by atoms with van der Waals surface area (Å²) in [4.78, 5) is 0. The SMILES string of the molecule is CCCCCCCCCCCCCCCCO[C@]1(CCCCCCCCCCCCCCCC)O[C@H](CO)[C@@H](O)[C@@](O)(CCCCCCCCCCCCCCCC)[C@@]1(CCCCCCCCCCCCCCCC)OCCCCCCCCCCCCCCCC. The fourth-order valence-corrected chi connectivity index (χ4v) is 15.8. The first-order valence-corrected chi connectivity index (χ1v) is 43.3. The first-order valence-electron chi connectivity index (χ1n) is 43.3. The third-order valence-corrected chi connectivity index (χ3v) is 22.0. The molecule has 1 rings (SSSR count). The van der Waals surface area contributed by atoms with Crippen LogP contribution in [0.3, 0.4) is 0 Å². The lowest BCUT2D eigenvalue weighted by atomic mass is 9.63. The van der Waals surface area contributed by atoms with Crippen LogP contribution in [0.4, 0.5) is 0 Å². The Labute approximate surface area is 578 Å². The maximum absolute atomic E-state index is 14.1. The van der Waals surface area contributed by atoms with Crippen molar-refractivity contribution in [2.24, 2.45) is 0 Å². The fraction of sp³-hybridized carbons (Fsp3) is 1.00. The highest BCUT2D eigenvalue weighted by Crippen LogP contribution is 2.55. The van der Waals surface area contributed by atoms with Gasteiger partial charge in [0.05, 0.1) is 13.2 Å². The van der Waals surface area contributed by atoms with E-state index < -0.39 is 29.2 Å². The second-order valence-corrected chi connectivity index (χ2v) is 30.7. The summed E-state index contributed by atoms with van der Waals surface area (Å²) in [7, 11) is 0. The van der Waals surface area contributed by atoms with Crippen molar-refractivity contribution in [1.29, 1.82) is 0 Å². The molecule has 0 spiro atoms. The van der Waals surface area contributed by atoms with Gasteiger partial charge < -0.3 is 29.5 Å². The molecular weight excluding hydrogens is 1130 g/mol. The van der Waals surface area contributed by atoms with Crippen molar-refractivity contribution < 1.29 is 29.5 Å². The minimum Gasteiger partial charge on any atom is -0.394 e. The Morgan fingerprint density at radius 2 is 0.446 bits per heavy atom. The number of hydrogen-bond acceptors (Lipinski definition) is 6. The molecular formula is C86H172O6. The summed E-state index contributed by atoms with van der Waals surface area (Å²) in [6.45, 7) is 12.3. The molecule has 1 heterocycles. The van der Waals surface area contributed by atoms with Crippen LogP contribution in [0.2, 0.25) is 0 Å². The summed E-state index contributed by atoms with van der Waals surface area (Å²) in [5, 5.41) is 38.2. The zero-order chi connectivity index (χ0) is 66.5. The maximum Gasteiger partial charge on any atom is 0.201 e. The van der Waals surface area contributed by atoms with E-state index in [4.69, 9.17) is 14.2 Å². The predicted octanol–water partition coefficient (Wildman–Crippen LogP) is 28.5. The largest absolute Gasteiger partial charge is 0.394 e. The molecule has 0 saturated carbocycles. The number of rotatable bonds is 78. The molecule has 3 N–H and O–H groups in total. The van der Waals surface area contributed by atoms with Gasteiger partial charge in [-0.2, -0.15) is 0 Å². The van der Waals surface area contributed by atoms with Gasteiger partial charge in [-0.15, -0.1) is 0 Å². The summed E-state index contributed by atoms with van der Waals surface area (Å²) in [5.74, 6) is -1.27. The molecule has 5 atom stereocenters. The summed E-state index contributed by atoms with van der Waals surface area (Å²) in [5.41, 5.74) is -2.89. The molecule has 0 amide bonds. The van der Waals surface area contributed by atoms with E-state index in [1.807, 2.05) is 0 Å². The molecule has 552 valence electrons. The van der Waals surface area contributed by atoms with Crippen LogP contribution >= 0.6 is 0 Å². The summed E-state index contributed by atoms with van der Waals surface area (Å²) in [6.07, 6.45) is 90.1. The predicted molar refractivity (Wildman–Crippen MR) is 406 cm³/mol. The molecule has 0 unspecified atom stereocenters. The normalized spacial score (nSPS) is 19.3. The first-order chi connectivity index (χ1) is 45.4. The lowest BCUT2D eigenvalue weighted by molar-refractivity contribution is -0.439. The van der Waals surface area contributed by atoms with Crippen LogP contribution in [0.15, 0.2) is 0 Å². The number of aliphatic hydroxyl groups is 3. The van der Waals surface area contributed by atoms with Crippen LogP contribution in [0.5, 0.6) is 0 Å². The monoisotopic (exact) mass is 1300 g/mol. The zero-order valence-electron chi connectivity index (χ0n) is 64.0. The molecule has 0 aliphatic carbocycles. The minimum atomic E-state index is -1.63. The lowest BCUT2D eigenvalue weighted by Crippen LogP contribution is -2.80. The Kier molecular flexibility index (Phi) is 67.6. The average Bonchev–Trinajstić information content (AvgIpc) is 0.702. The van der Waals surface area contributed by atoms with Crippen molar-refractivity contribution in [2.45, 2.75) is 533 Å². The average molecular weight is 1300 g/mol. The second kappa shape index (κ2) is 69.2. The van der Waals surface area contributed by atoms with Crippen LogP contribution < -0.4 is 0 Å². The Morgan fingerprint density at radius 3 is 0.685 bits per heavy atom. The molecule has 0 aromatic carbocycles. The number of unbranched alkanes of at least 4 members (excludes halogenated alkanes) is 65. The minimum absolute atomic E-state index is 0.348. The quantitative estimate of drug-likeness (QED) is 0.0526. The van der Waals surface area contributed by atoms with Gasteiger partial charge in [-0.3, -0.25) is 0 Å². The Hall–Kier alpha value is -0.240. The number of hydrogen-bond donors (Lipinski definition) is 3. The summed E-state index contributed by atoms with van der Waals surface area (Å²) < 4.78 is 22.5.